The molecular formula is C12H26N2O4. The second-order valence-electron chi connectivity index (χ2n) is 4.37. The lowest BCUT2D eigenvalue weighted by Gasteiger charge is -2.20. The van der Waals surface area contributed by atoms with E-state index in [2.05, 4.69) is 12.3 Å². The molecule has 3 N–H and O–H groups in total. The van der Waals surface area contributed by atoms with E-state index in [1.165, 1.54) is 26.4 Å². The van der Waals surface area contributed by atoms with Crippen LogP contribution in [0.1, 0.15) is 45.4 Å². The summed E-state index contributed by atoms with van der Waals surface area (Å²) in [5, 5.41) is 19.2. The Morgan fingerprint density at radius 1 is 1.28 bits per heavy atom. The van der Waals surface area contributed by atoms with Crippen molar-refractivity contribution in [2.24, 2.45) is 0 Å². The van der Waals surface area contributed by atoms with E-state index >= 15 is 0 Å². The van der Waals surface area contributed by atoms with Crippen molar-refractivity contribution in [3.63, 3.8) is 0 Å². The summed E-state index contributed by atoms with van der Waals surface area (Å²) in [6, 6.07) is -0.917. The molecule has 0 unspecified atom stereocenters. The molecule has 0 rings (SSSR count). The number of nitrogens with zero attached hydrogens (tertiary/aromatic N) is 1. The molecule has 6 nitrogen and oxygen atoms in total. The number of carbonyl (C=O) groups is 1. The molecule has 0 aromatic rings. The Labute approximate surface area is 109 Å². The summed E-state index contributed by atoms with van der Waals surface area (Å²) in [4.78, 5) is 10.8. The fourth-order valence-electron chi connectivity index (χ4n) is 1.62. The first-order chi connectivity index (χ1) is 8.61. The van der Waals surface area contributed by atoms with Crippen LogP contribution < -0.4 is 5.43 Å². The molecule has 0 fully saturated rings. The van der Waals surface area contributed by atoms with Gasteiger partial charge in [-0.15, -0.1) is 5.17 Å². The minimum atomic E-state index is -1.04. The molecule has 108 valence electrons. The number of ether oxygens (including phenoxy) is 1. The van der Waals surface area contributed by atoms with Gasteiger partial charge in [-0.25, -0.2) is 5.43 Å². The summed E-state index contributed by atoms with van der Waals surface area (Å²) >= 11 is 0. The molecule has 0 spiro atoms. The third kappa shape index (κ3) is 9.35. The smallest absolute Gasteiger partial charge is 0.324 e. The quantitative estimate of drug-likeness (QED) is 0.366. The lowest BCUT2D eigenvalue weighted by molar-refractivity contribution is -0.168. The number of unbranched alkanes of at least 4 members (excludes halogenated alkanes) is 5. The lowest BCUT2D eigenvalue weighted by Crippen LogP contribution is -2.49. The van der Waals surface area contributed by atoms with Crippen LogP contribution in [0.3, 0.4) is 0 Å². The van der Waals surface area contributed by atoms with E-state index in [0.29, 0.717) is 6.54 Å². The second-order valence-corrected chi connectivity index (χ2v) is 4.37. The lowest BCUT2D eigenvalue weighted by atomic mass is 10.1. The maximum Gasteiger partial charge on any atom is 0.324 e. The standard InChI is InChI=1S/C12H26N2O4/c1-3-4-5-6-7-8-9-14(17)13-11(10-18-2)12(15)16/h11,13,17H,3-10H2,1-2H3,(H,15,16)/t11-/m0/s1. The van der Waals surface area contributed by atoms with Crippen molar-refractivity contribution >= 4 is 5.97 Å². The summed E-state index contributed by atoms with van der Waals surface area (Å²) in [7, 11) is 1.42. The Balaban J connectivity index is 3.61. The molecule has 0 amide bonds. The minimum Gasteiger partial charge on any atom is -0.480 e. The minimum absolute atomic E-state index is 0.0168. The highest BCUT2D eigenvalue weighted by Crippen LogP contribution is 2.05. The molecule has 0 aromatic heterocycles. The topological polar surface area (TPSA) is 82.0 Å². The molecule has 0 saturated heterocycles. The van der Waals surface area contributed by atoms with E-state index in [4.69, 9.17) is 9.84 Å². The highest BCUT2D eigenvalue weighted by atomic mass is 16.5. The van der Waals surface area contributed by atoms with Crippen LogP contribution in [0.5, 0.6) is 0 Å². The zero-order valence-electron chi connectivity index (χ0n) is 11.4. The number of hydroxylamine groups is 1. The SMILES string of the molecule is CCCCCCCCN(O)N[C@@H](COC)C(=O)O. The van der Waals surface area contributed by atoms with Gasteiger partial charge in [-0.1, -0.05) is 39.0 Å². The number of carboxylic acid groups (broad SMARTS) is 1. The average Bonchev–Trinajstić information content (AvgIpc) is 2.33. The average molecular weight is 262 g/mol. The van der Waals surface area contributed by atoms with Crippen LogP contribution in [0.2, 0.25) is 0 Å². The van der Waals surface area contributed by atoms with Gasteiger partial charge in [0.05, 0.1) is 6.61 Å². The van der Waals surface area contributed by atoms with Crippen LogP contribution in [-0.4, -0.2) is 47.8 Å². The van der Waals surface area contributed by atoms with Gasteiger partial charge in [0.2, 0.25) is 0 Å². The number of aliphatic carboxylic acids is 1. The molecule has 0 bridgehead atoms. The van der Waals surface area contributed by atoms with E-state index < -0.39 is 12.0 Å². The molecule has 0 heterocycles. The number of methoxy groups -OCH3 is 1. The van der Waals surface area contributed by atoms with Crippen LogP contribution in [0.4, 0.5) is 0 Å². The van der Waals surface area contributed by atoms with Crippen molar-refractivity contribution in [2.45, 2.75) is 51.5 Å². The van der Waals surface area contributed by atoms with Crippen molar-refractivity contribution in [3.8, 4) is 0 Å². The summed E-state index contributed by atoms with van der Waals surface area (Å²) in [6.07, 6.45) is 6.72. The Morgan fingerprint density at radius 2 is 1.89 bits per heavy atom. The zero-order chi connectivity index (χ0) is 13.8. The normalized spacial score (nSPS) is 12.9. The first-order valence-electron chi connectivity index (χ1n) is 6.56. The molecule has 18 heavy (non-hydrogen) atoms. The Hall–Kier alpha value is -0.690. The molecule has 0 saturated carbocycles. The molecule has 0 aliphatic heterocycles. The summed E-state index contributed by atoms with van der Waals surface area (Å²) in [5.74, 6) is -1.04. The first kappa shape index (κ1) is 17.3. The molecule has 0 radical (unpaired) electrons. The van der Waals surface area contributed by atoms with Crippen LogP contribution in [-0.2, 0) is 9.53 Å². The van der Waals surface area contributed by atoms with Gasteiger partial charge in [-0.05, 0) is 6.42 Å². The van der Waals surface area contributed by atoms with Crippen LogP contribution in [0.25, 0.3) is 0 Å². The third-order valence-electron chi connectivity index (χ3n) is 2.66. The predicted molar refractivity (Wildman–Crippen MR) is 68.3 cm³/mol. The van der Waals surface area contributed by atoms with E-state index in [9.17, 15) is 10.0 Å². The van der Waals surface area contributed by atoms with Gasteiger partial charge in [-0.2, -0.15) is 0 Å². The van der Waals surface area contributed by atoms with Crippen molar-refractivity contribution in [2.75, 3.05) is 20.3 Å². The molecule has 0 aliphatic carbocycles. The summed E-state index contributed by atoms with van der Waals surface area (Å²) in [6.45, 7) is 2.60. The van der Waals surface area contributed by atoms with E-state index in [0.717, 1.165) is 24.4 Å². The third-order valence-corrected chi connectivity index (χ3v) is 2.66. The molecule has 0 aliphatic rings. The van der Waals surface area contributed by atoms with Gasteiger partial charge in [0.25, 0.3) is 0 Å². The van der Waals surface area contributed by atoms with Crippen molar-refractivity contribution in [3.05, 3.63) is 0 Å². The summed E-state index contributed by atoms with van der Waals surface area (Å²) < 4.78 is 4.75. The molecule has 6 heteroatoms. The van der Waals surface area contributed by atoms with Gasteiger partial charge < -0.3 is 9.84 Å². The Bertz CT molecular complexity index is 214. The van der Waals surface area contributed by atoms with Gasteiger partial charge in [0, 0.05) is 13.7 Å². The Morgan fingerprint density at radius 3 is 2.44 bits per heavy atom. The number of hydrazine groups is 1. The van der Waals surface area contributed by atoms with Gasteiger partial charge in [-0.3, -0.25) is 10.0 Å². The monoisotopic (exact) mass is 262 g/mol. The summed E-state index contributed by atoms with van der Waals surface area (Å²) in [5.41, 5.74) is 2.48. The highest BCUT2D eigenvalue weighted by molar-refractivity contribution is 5.73. The second kappa shape index (κ2) is 11.4. The predicted octanol–water partition coefficient (Wildman–Crippen LogP) is 1.64. The van der Waals surface area contributed by atoms with Gasteiger partial charge in [0.15, 0.2) is 0 Å². The van der Waals surface area contributed by atoms with Crippen molar-refractivity contribution < 1.29 is 19.8 Å². The first-order valence-corrected chi connectivity index (χ1v) is 6.56. The fourth-order valence-corrected chi connectivity index (χ4v) is 1.62. The number of rotatable bonds is 12. The largest absolute Gasteiger partial charge is 0.480 e. The zero-order valence-corrected chi connectivity index (χ0v) is 11.4. The van der Waals surface area contributed by atoms with E-state index in [1.54, 1.807) is 0 Å². The molecular weight excluding hydrogens is 236 g/mol. The van der Waals surface area contributed by atoms with Crippen LogP contribution in [0.15, 0.2) is 0 Å². The maximum absolute atomic E-state index is 10.8. The highest BCUT2D eigenvalue weighted by Gasteiger charge is 2.18. The number of hydrogen-bond acceptors (Lipinski definition) is 5. The van der Waals surface area contributed by atoms with E-state index in [1.807, 2.05) is 0 Å². The number of hydrogen-bond donors (Lipinski definition) is 3. The van der Waals surface area contributed by atoms with E-state index in [-0.39, 0.29) is 6.61 Å². The van der Waals surface area contributed by atoms with Crippen LogP contribution >= 0.6 is 0 Å². The van der Waals surface area contributed by atoms with Crippen molar-refractivity contribution in [1.82, 2.24) is 10.6 Å². The van der Waals surface area contributed by atoms with Gasteiger partial charge >= 0.3 is 5.97 Å². The van der Waals surface area contributed by atoms with Crippen LogP contribution in [0, 0.1) is 0 Å². The Kier molecular flexibility index (Phi) is 11.0. The number of nitrogens with one attached hydrogen (secondary N) is 1. The molecule has 1 atom stereocenters. The number of carboxylic acids is 1. The fraction of sp³-hybridized carbons (Fsp3) is 0.917. The van der Waals surface area contributed by atoms with Gasteiger partial charge in [0.1, 0.15) is 6.04 Å². The molecule has 0 aromatic carbocycles. The maximum atomic E-state index is 10.8. The van der Waals surface area contributed by atoms with Crippen molar-refractivity contribution in [1.29, 1.82) is 0 Å².